The molecule has 0 fully saturated rings. The Kier molecular flexibility index (Phi) is 7.96. The third-order valence-corrected chi connectivity index (χ3v) is 4.78. The summed E-state index contributed by atoms with van der Waals surface area (Å²) in [5.41, 5.74) is 2.28. The zero-order chi connectivity index (χ0) is 20.7. The zero-order valence-electron chi connectivity index (χ0n) is 16.2. The van der Waals surface area contributed by atoms with Crippen LogP contribution >= 0.6 is 11.6 Å². The first-order valence-corrected chi connectivity index (χ1v) is 9.46. The van der Waals surface area contributed by atoms with Crippen LogP contribution in [-0.2, 0) is 9.59 Å². The van der Waals surface area contributed by atoms with Crippen LogP contribution in [0.2, 0.25) is 5.02 Å². The molecule has 0 unspecified atom stereocenters. The molecule has 5 nitrogen and oxygen atoms in total. The van der Waals surface area contributed by atoms with Crippen molar-refractivity contribution in [3.05, 3.63) is 64.4 Å². The average Bonchev–Trinajstić information content (AvgIpc) is 2.65. The zero-order valence-corrected chi connectivity index (χ0v) is 16.9. The number of hydrogen-bond donors (Lipinski definition) is 3. The number of rotatable bonds is 8. The van der Waals surface area contributed by atoms with E-state index in [1.54, 1.807) is 30.3 Å². The molecular weight excluding hydrogens is 381 g/mol. The van der Waals surface area contributed by atoms with Crippen molar-refractivity contribution in [2.45, 2.75) is 26.8 Å². The number of anilines is 1. The van der Waals surface area contributed by atoms with Crippen LogP contribution < -0.4 is 16.0 Å². The Balaban J connectivity index is 1.83. The number of nitrogens with one attached hydrogen (secondary N) is 3. The SMILES string of the molecule is Cc1c(Cl)cccc1NC(=O)CNC(=O)CN[C@H](c1ccc(F)cc1)C(C)C. The van der Waals surface area contributed by atoms with Gasteiger partial charge >= 0.3 is 0 Å². The third-order valence-electron chi connectivity index (χ3n) is 4.37. The number of carbonyl (C=O) groups excluding carboxylic acids is 2. The summed E-state index contributed by atoms with van der Waals surface area (Å²) in [5.74, 6) is -0.735. The van der Waals surface area contributed by atoms with E-state index in [0.29, 0.717) is 10.7 Å². The van der Waals surface area contributed by atoms with Gasteiger partial charge in [-0.05, 0) is 48.2 Å². The second kappa shape index (κ2) is 10.2. The van der Waals surface area contributed by atoms with Crippen LogP contribution in [0.4, 0.5) is 10.1 Å². The summed E-state index contributed by atoms with van der Waals surface area (Å²) in [7, 11) is 0. The van der Waals surface area contributed by atoms with Gasteiger partial charge in [0.05, 0.1) is 13.1 Å². The third kappa shape index (κ3) is 6.32. The lowest BCUT2D eigenvalue weighted by Crippen LogP contribution is -2.40. The van der Waals surface area contributed by atoms with Crippen molar-refractivity contribution in [1.82, 2.24) is 10.6 Å². The number of hydrogen-bond acceptors (Lipinski definition) is 3. The highest BCUT2D eigenvalue weighted by molar-refractivity contribution is 6.31. The Labute approximate surface area is 169 Å². The molecule has 2 amide bonds. The minimum atomic E-state index is -0.335. The van der Waals surface area contributed by atoms with Crippen LogP contribution in [0.3, 0.4) is 0 Å². The van der Waals surface area contributed by atoms with Gasteiger partial charge in [0.15, 0.2) is 0 Å². The van der Waals surface area contributed by atoms with Crippen molar-refractivity contribution in [3.63, 3.8) is 0 Å². The van der Waals surface area contributed by atoms with E-state index in [0.717, 1.165) is 11.1 Å². The van der Waals surface area contributed by atoms with Crippen LogP contribution in [0.1, 0.15) is 31.0 Å². The van der Waals surface area contributed by atoms with Crippen LogP contribution in [0.5, 0.6) is 0 Å². The van der Waals surface area contributed by atoms with Gasteiger partial charge < -0.3 is 16.0 Å². The fourth-order valence-corrected chi connectivity index (χ4v) is 2.96. The van der Waals surface area contributed by atoms with Crippen LogP contribution in [-0.4, -0.2) is 24.9 Å². The highest BCUT2D eigenvalue weighted by Gasteiger charge is 2.17. The van der Waals surface area contributed by atoms with Crippen molar-refractivity contribution in [2.75, 3.05) is 18.4 Å². The first kappa shape index (κ1) is 21.9. The smallest absolute Gasteiger partial charge is 0.243 e. The lowest BCUT2D eigenvalue weighted by Gasteiger charge is -2.22. The van der Waals surface area contributed by atoms with Gasteiger partial charge in [-0.15, -0.1) is 0 Å². The first-order chi connectivity index (χ1) is 13.3. The molecule has 1 atom stereocenters. The van der Waals surface area contributed by atoms with E-state index >= 15 is 0 Å². The Morgan fingerprint density at radius 2 is 1.71 bits per heavy atom. The number of amides is 2. The summed E-state index contributed by atoms with van der Waals surface area (Å²) < 4.78 is 13.1. The van der Waals surface area contributed by atoms with Crippen LogP contribution in [0.25, 0.3) is 0 Å². The molecule has 7 heteroatoms. The summed E-state index contributed by atoms with van der Waals surface area (Å²) in [6, 6.07) is 11.3. The molecule has 0 aliphatic carbocycles. The van der Waals surface area contributed by atoms with Gasteiger partial charge in [0.2, 0.25) is 11.8 Å². The summed E-state index contributed by atoms with van der Waals surface area (Å²) in [6.45, 7) is 5.74. The molecule has 3 N–H and O–H groups in total. The van der Waals surface area contributed by atoms with Gasteiger partial charge in [-0.1, -0.05) is 43.6 Å². The highest BCUT2D eigenvalue weighted by Crippen LogP contribution is 2.23. The summed E-state index contributed by atoms with van der Waals surface area (Å²) in [4.78, 5) is 24.2. The molecule has 2 aromatic rings. The first-order valence-electron chi connectivity index (χ1n) is 9.08. The summed E-state index contributed by atoms with van der Waals surface area (Å²) in [6.07, 6.45) is 0. The Morgan fingerprint density at radius 1 is 1.04 bits per heavy atom. The number of halogens is 2. The maximum atomic E-state index is 13.1. The van der Waals surface area contributed by atoms with Gasteiger partial charge in [0, 0.05) is 16.8 Å². The predicted octanol–water partition coefficient (Wildman–Crippen LogP) is 3.83. The van der Waals surface area contributed by atoms with Gasteiger partial charge in [-0.3, -0.25) is 9.59 Å². The summed E-state index contributed by atoms with van der Waals surface area (Å²) in [5, 5.41) is 9.03. The van der Waals surface area contributed by atoms with Gasteiger partial charge in [0.25, 0.3) is 0 Å². The number of benzene rings is 2. The monoisotopic (exact) mass is 405 g/mol. The lowest BCUT2D eigenvalue weighted by atomic mass is 9.96. The van der Waals surface area contributed by atoms with Crippen molar-refractivity contribution in [3.8, 4) is 0 Å². The Hall–Kier alpha value is -2.44. The van der Waals surface area contributed by atoms with E-state index in [1.165, 1.54) is 12.1 Å². The van der Waals surface area contributed by atoms with E-state index in [4.69, 9.17) is 11.6 Å². The molecule has 150 valence electrons. The minimum Gasteiger partial charge on any atom is -0.346 e. The molecule has 0 saturated carbocycles. The fraction of sp³-hybridized carbons (Fsp3) is 0.333. The van der Waals surface area contributed by atoms with Gasteiger partial charge in [-0.25, -0.2) is 4.39 Å². The maximum absolute atomic E-state index is 13.1. The van der Waals surface area contributed by atoms with Crippen LogP contribution in [0.15, 0.2) is 42.5 Å². The Morgan fingerprint density at radius 3 is 2.36 bits per heavy atom. The van der Waals surface area contributed by atoms with Gasteiger partial charge in [0.1, 0.15) is 5.82 Å². The van der Waals surface area contributed by atoms with Crippen molar-refractivity contribution in [2.24, 2.45) is 5.92 Å². The van der Waals surface area contributed by atoms with Crippen molar-refractivity contribution in [1.29, 1.82) is 0 Å². The Bertz CT molecular complexity index is 825. The molecule has 0 bridgehead atoms. The van der Waals surface area contributed by atoms with E-state index in [1.807, 2.05) is 20.8 Å². The molecule has 0 radical (unpaired) electrons. The van der Waals surface area contributed by atoms with Crippen molar-refractivity contribution < 1.29 is 14.0 Å². The second-order valence-corrected chi connectivity index (χ2v) is 7.30. The van der Waals surface area contributed by atoms with Crippen molar-refractivity contribution >= 4 is 29.1 Å². The average molecular weight is 406 g/mol. The second-order valence-electron chi connectivity index (χ2n) is 6.89. The number of carbonyl (C=O) groups is 2. The lowest BCUT2D eigenvalue weighted by molar-refractivity contribution is -0.123. The maximum Gasteiger partial charge on any atom is 0.243 e. The minimum absolute atomic E-state index is 0.0453. The predicted molar refractivity (Wildman–Crippen MR) is 110 cm³/mol. The van der Waals surface area contributed by atoms with E-state index in [-0.39, 0.29) is 42.7 Å². The molecule has 0 aliphatic heterocycles. The highest BCUT2D eigenvalue weighted by atomic mass is 35.5. The fourth-order valence-electron chi connectivity index (χ4n) is 2.79. The van der Waals surface area contributed by atoms with E-state index < -0.39 is 0 Å². The molecule has 2 rings (SSSR count). The van der Waals surface area contributed by atoms with E-state index in [9.17, 15) is 14.0 Å². The molecule has 0 spiro atoms. The van der Waals surface area contributed by atoms with Gasteiger partial charge in [-0.2, -0.15) is 0 Å². The molecule has 28 heavy (non-hydrogen) atoms. The van der Waals surface area contributed by atoms with E-state index in [2.05, 4.69) is 16.0 Å². The molecular formula is C21H25ClFN3O2. The molecule has 0 heterocycles. The largest absolute Gasteiger partial charge is 0.346 e. The quantitative estimate of drug-likeness (QED) is 0.625. The molecule has 0 aliphatic rings. The molecule has 2 aromatic carbocycles. The normalized spacial score (nSPS) is 11.9. The topological polar surface area (TPSA) is 70.2 Å². The van der Waals surface area contributed by atoms with Crippen LogP contribution in [0, 0.1) is 18.7 Å². The standard InChI is InChI=1S/C21H25ClFN3O2/c1-13(2)21(15-7-9-16(23)10-8-15)25-11-19(27)24-12-20(28)26-18-6-4-5-17(22)14(18)3/h4-10,13,21,25H,11-12H2,1-3H3,(H,24,27)(H,26,28)/t21-/m0/s1. The molecule has 0 saturated heterocycles. The molecule has 0 aromatic heterocycles. The summed E-state index contributed by atoms with van der Waals surface area (Å²) >= 11 is 6.03.